The number of amides is 1. The quantitative estimate of drug-likeness (QED) is 0.778. The molecule has 1 aliphatic rings. The highest BCUT2D eigenvalue weighted by molar-refractivity contribution is 5.82. The number of rotatable bonds is 1. The monoisotopic (exact) mass is 239 g/mol. The summed E-state index contributed by atoms with van der Waals surface area (Å²) < 4.78 is 13.0. The Labute approximate surface area is 96.1 Å². The number of hydrogen-bond acceptors (Lipinski definition) is 2. The number of halogens is 1. The normalized spacial score (nSPS) is 18.6. The van der Waals surface area contributed by atoms with Gasteiger partial charge in [0, 0.05) is 6.54 Å². The van der Waals surface area contributed by atoms with Crippen LogP contribution in [0.3, 0.4) is 0 Å². The summed E-state index contributed by atoms with van der Waals surface area (Å²) in [5.74, 6) is -1.70. The molecule has 1 atom stereocenters. The number of fused-ring (bicyclic) bond motifs is 1. The van der Waals surface area contributed by atoms with Crippen molar-refractivity contribution in [3.05, 3.63) is 35.1 Å². The molecule has 90 valence electrons. The van der Waals surface area contributed by atoms with Gasteiger partial charge in [-0.1, -0.05) is 6.07 Å². The molecule has 6 heteroatoms. The van der Waals surface area contributed by atoms with Gasteiger partial charge in [-0.05, 0) is 29.7 Å². The van der Waals surface area contributed by atoms with E-state index in [1.165, 1.54) is 12.1 Å². The van der Waals surface area contributed by atoms with Gasteiger partial charge >= 0.3 is 12.1 Å². The molecule has 0 radical (unpaired) electrons. The molecular weight excluding hydrogens is 229 g/mol. The lowest BCUT2D eigenvalue weighted by atomic mass is 9.93. The Hall–Kier alpha value is -2.11. The van der Waals surface area contributed by atoms with E-state index in [4.69, 9.17) is 10.2 Å². The van der Waals surface area contributed by atoms with Crippen LogP contribution < -0.4 is 0 Å². The molecule has 1 amide bonds. The summed E-state index contributed by atoms with van der Waals surface area (Å²) in [5.41, 5.74) is 0.891. The Balaban J connectivity index is 2.49. The number of carbonyl (C=O) groups is 2. The number of hydrogen-bond donors (Lipinski definition) is 2. The van der Waals surface area contributed by atoms with Crippen LogP contribution in [0.25, 0.3) is 0 Å². The second-order valence-electron chi connectivity index (χ2n) is 3.81. The zero-order valence-electron chi connectivity index (χ0n) is 8.76. The predicted octanol–water partition coefficient (Wildman–Crippen LogP) is 1.49. The molecule has 17 heavy (non-hydrogen) atoms. The van der Waals surface area contributed by atoms with Crippen molar-refractivity contribution < 1.29 is 24.2 Å². The van der Waals surface area contributed by atoms with E-state index in [1.807, 2.05) is 0 Å². The predicted molar refractivity (Wildman–Crippen MR) is 55.2 cm³/mol. The molecule has 1 aromatic carbocycles. The highest BCUT2D eigenvalue weighted by Crippen LogP contribution is 2.30. The third-order valence-electron chi connectivity index (χ3n) is 2.81. The molecule has 0 saturated carbocycles. The van der Waals surface area contributed by atoms with Crippen molar-refractivity contribution in [2.24, 2.45) is 0 Å². The Bertz CT molecular complexity index is 488. The molecule has 0 bridgehead atoms. The molecule has 5 nitrogen and oxygen atoms in total. The molecule has 1 unspecified atom stereocenters. The van der Waals surface area contributed by atoms with Crippen molar-refractivity contribution in [1.29, 1.82) is 0 Å². The SMILES string of the molecule is O=C(O)C1c2ccc(F)cc2CCN1C(=O)O. The maximum absolute atomic E-state index is 13.0. The van der Waals surface area contributed by atoms with Crippen LogP contribution in [-0.2, 0) is 11.2 Å². The van der Waals surface area contributed by atoms with Crippen LogP contribution in [0.2, 0.25) is 0 Å². The van der Waals surface area contributed by atoms with Gasteiger partial charge in [-0.15, -0.1) is 0 Å². The molecule has 1 heterocycles. The Morgan fingerprint density at radius 2 is 2.06 bits per heavy atom. The second-order valence-corrected chi connectivity index (χ2v) is 3.81. The van der Waals surface area contributed by atoms with Crippen molar-refractivity contribution in [3.63, 3.8) is 0 Å². The first kappa shape index (κ1) is 11.4. The van der Waals surface area contributed by atoms with E-state index in [0.717, 1.165) is 11.0 Å². The van der Waals surface area contributed by atoms with Gasteiger partial charge in [0.2, 0.25) is 0 Å². The average Bonchev–Trinajstić information content (AvgIpc) is 2.26. The van der Waals surface area contributed by atoms with Crippen LogP contribution in [0, 0.1) is 5.82 Å². The van der Waals surface area contributed by atoms with Gasteiger partial charge in [-0.3, -0.25) is 4.90 Å². The molecule has 1 aliphatic heterocycles. The highest BCUT2D eigenvalue weighted by Gasteiger charge is 2.35. The van der Waals surface area contributed by atoms with E-state index in [9.17, 15) is 14.0 Å². The number of aliphatic carboxylic acids is 1. The van der Waals surface area contributed by atoms with Crippen molar-refractivity contribution >= 4 is 12.1 Å². The first-order valence-electron chi connectivity index (χ1n) is 5.01. The molecule has 0 spiro atoms. The van der Waals surface area contributed by atoms with Crippen molar-refractivity contribution in [2.45, 2.75) is 12.5 Å². The summed E-state index contributed by atoms with van der Waals surface area (Å²) in [6.45, 7) is 0.0583. The largest absolute Gasteiger partial charge is 0.479 e. The van der Waals surface area contributed by atoms with E-state index >= 15 is 0 Å². The molecule has 0 saturated heterocycles. The average molecular weight is 239 g/mol. The molecule has 2 rings (SSSR count). The maximum Gasteiger partial charge on any atom is 0.408 e. The number of benzene rings is 1. The lowest BCUT2D eigenvalue weighted by Crippen LogP contribution is -2.42. The number of carboxylic acids is 1. The number of carboxylic acid groups (broad SMARTS) is 2. The number of nitrogens with zero attached hydrogens (tertiary/aromatic N) is 1. The topological polar surface area (TPSA) is 77.8 Å². The standard InChI is InChI=1S/C11H10FNO4/c12-7-1-2-8-6(5-7)3-4-13(11(16)17)9(8)10(14)15/h1-2,5,9H,3-4H2,(H,14,15)(H,16,17). The highest BCUT2D eigenvalue weighted by atomic mass is 19.1. The second kappa shape index (κ2) is 4.04. The van der Waals surface area contributed by atoms with E-state index < -0.39 is 23.9 Å². The van der Waals surface area contributed by atoms with Crippen LogP contribution in [0.5, 0.6) is 0 Å². The van der Waals surface area contributed by atoms with E-state index in [2.05, 4.69) is 0 Å². The molecule has 2 N–H and O–H groups in total. The van der Waals surface area contributed by atoms with Crippen molar-refractivity contribution in [3.8, 4) is 0 Å². The summed E-state index contributed by atoms with van der Waals surface area (Å²) >= 11 is 0. The zero-order chi connectivity index (χ0) is 12.6. The lowest BCUT2D eigenvalue weighted by Gasteiger charge is -2.32. The molecule has 1 aromatic rings. The van der Waals surface area contributed by atoms with Crippen LogP contribution >= 0.6 is 0 Å². The molecule has 0 fully saturated rings. The Morgan fingerprint density at radius 3 is 2.65 bits per heavy atom. The smallest absolute Gasteiger partial charge is 0.408 e. The van der Waals surface area contributed by atoms with Gasteiger partial charge in [0.25, 0.3) is 0 Å². The minimum atomic E-state index is -1.28. The Kier molecular flexibility index (Phi) is 2.71. The van der Waals surface area contributed by atoms with Gasteiger partial charge in [-0.2, -0.15) is 0 Å². The minimum absolute atomic E-state index is 0.0583. The summed E-state index contributed by atoms with van der Waals surface area (Å²) in [6, 6.07) is 2.47. The van der Waals surface area contributed by atoms with Gasteiger partial charge in [-0.25, -0.2) is 14.0 Å². The molecule has 0 aromatic heterocycles. The van der Waals surface area contributed by atoms with Gasteiger partial charge in [0.1, 0.15) is 5.82 Å². The fourth-order valence-corrected chi connectivity index (χ4v) is 2.07. The van der Waals surface area contributed by atoms with Crippen LogP contribution in [0.15, 0.2) is 18.2 Å². The summed E-state index contributed by atoms with van der Waals surface area (Å²) in [4.78, 5) is 22.9. The van der Waals surface area contributed by atoms with Crippen molar-refractivity contribution in [1.82, 2.24) is 4.90 Å². The van der Waals surface area contributed by atoms with Gasteiger partial charge < -0.3 is 10.2 Å². The third-order valence-corrected chi connectivity index (χ3v) is 2.81. The van der Waals surface area contributed by atoms with Crippen molar-refractivity contribution in [2.75, 3.05) is 6.54 Å². The Morgan fingerprint density at radius 1 is 1.35 bits per heavy atom. The van der Waals surface area contributed by atoms with Gasteiger partial charge in [0.15, 0.2) is 6.04 Å². The van der Waals surface area contributed by atoms with Crippen LogP contribution in [0.1, 0.15) is 17.2 Å². The summed E-state index contributed by atoms with van der Waals surface area (Å²) in [7, 11) is 0. The minimum Gasteiger partial charge on any atom is -0.479 e. The van der Waals surface area contributed by atoms with Crippen LogP contribution in [-0.4, -0.2) is 33.7 Å². The third kappa shape index (κ3) is 1.93. The van der Waals surface area contributed by atoms with E-state index in [-0.39, 0.29) is 6.54 Å². The fourth-order valence-electron chi connectivity index (χ4n) is 2.07. The fraction of sp³-hybridized carbons (Fsp3) is 0.273. The molecule has 0 aliphatic carbocycles. The molecular formula is C11H10FNO4. The first-order valence-corrected chi connectivity index (χ1v) is 5.01. The summed E-state index contributed by atoms with van der Waals surface area (Å²) in [5, 5.41) is 18.0. The van der Waals surface area contributed by atoms with Crippen LogP contribution in [0.4, 0.5) is 9.18 Å². The lowest BCUT2D eigenvalue weighted by molar-refractivity contribution is -0.143. The van der Waals surface area contributed by atoms with E-state index in [1.54, 1.807) is 0 Å². The summed E-state index contributed by atoms with van der Waals surface area (Å²) in [6.07, 6.45) is -0.962. The first-order chi connectivity index (χ1) is 8.00. The van der Waals surface area contributed by atoms with Gasteiger partial charge in [0.05, 0.1) is 0 Å². The van der Waals surface area contributed by atoms with E-state index in [0.29, 0.717) is 17.5 Å². The zero-order valence-corrected chi connectivity index (χ0v) is 8.76. The maximum atomic E-state index is 13.0.